The van der Waals surface area contributed by atoms with Crippen molar-refractivity contribution in [3.8, 4) is 11.5 Å². The Hall–Kier alpha value is -2.73. The average Bonchev–Trinajstić information content (AvgIpc) is 3.13. The number of anilines is 1. The topological polar surface area (TPSA) is 55.8 Å². The zero-order valence-electron chi connectivity index (χ0n) is 11.9. The van der Waals surface area contributed by atoms with Crippen LogP contribution in [-0.4, -0.2) is 17.9 Å². The molecule has 0 bridgehead atoms. The van der Waals surface area contributed by atoms with Crippen LogP contribution < -0.4 is 14.4 Å². The van der Waals surface area contributed by atoms with Crippen molar-refractivity contribution in [1.82, 2.24) is 0 Å². The van der Waals surface area contributed by atoms with E-state index in [1.807, 2.05) is 12.1 Å². The fourth-order valence-electron chi connectivity index (χ4n) is 2.42. The van der Waals surface area contributed by atoms with E-state index in [9.17, 15) is 9.59 Å². The first-order valence-electron chi connectivity index (χ1n) is 6.95. The van der Waals surface area contributed by atoms with Crippen LogP contribution in [0.1, 0.15) is 5.56 Å². The Labute approximate surface area is 136 Å². The molecule has 0 aliphatic carbocycles. The van der Waals surface area contributed by atoms with E-state index in [2.05, 4.69) is 0 Å². The summed E-state index contributed by atoms with van der Waals surface area (Å²) in [6, 6.07) is 14.3. The number of carbonyl (C=O) groups excluding carboxylic acids is 2. The van der Waals surface area contributed by atoms with Gasteiger partial charge >= 0.3 is 0 Å². The summed E-state index contributed by atoms with van der Waals surface area (Å²) in [4.78, 5) is 26.2. The highest BCUT2D eigenvalue weighted by atomic mass is 32.2. The first-order chi connectivity index (χ1) is 11.2. The number of amides is 2. The van der Waals surface area contributed by atoms with Gasteiger partial charge in [-0.2, -0.15) is 0 Å². The number of carbonyl (C=O) groups is 2. The van der Waals surface area contributed by atoms with Crippen LogP contribution in [-0.2, 0) is 4.79 Å². The molecular weight excluding hydrogens is 314 g/mol. The van der Waals surface area contributed by atoms with Gasteiger partial charge in [0.2, 0.25) is 6.79 Å². The quantitative estimate of drug-likeness (QED) is 0.789. The molecule has 2 aromatic carbocycles. The lowest BCUT2D eigenvalue weighted by atomic mass is 10.2. The molecule has 2 aliphatic heterocycles. The van der Waals surface area contributed by atoms with Crippen LogP contribution in [0.15, 0.2) is 53.4 Å². The Bertz CT molecular complexity index is 832. The number of thioether (sulfide) groups is 1. The molecule has 0 atom stereocenters. The van der Waals surface area contributed by atoms with Crippen molar-refractivity contribution < 1.29 is 19.1 Å². The third-order valence-electron chi connectivity index (χ3n) is 3.50. The Morgan fingerprint density at radius 2 is 1.78 bits per heavy atom. The van der Waals surface area contributed by atoms with Crippen molar-refractivity contribution in [2.75, 3.05) is 11.7 Å². The Morgan fingerprint density at radius 3 is 2.61 bits per heavy atom. The van der Waals surface area contributed by atoms with Crippen LogP contribution in [0, 0.1) is 0 Å². The molecule has 1 saturated heterocycles. The molecule has 2 aromatic rings. The van der Waals surface area contributed by atoms with Crippen LogP contribution in [0.25, 0.3) is 6.08 Å². The molecule has 0 saturated carbocycles. The standard InChI is InChI=1S/C17H11NO4S/c19-16-15(9-11-6-7-13-14(8-11)22-10-21-13)23-17(20)18(16)12-4-2-1-3-5-12/h1-9H,10H2. The van der Waals surface area contributed by atoms with E-state index in [0.29, 0.717) is 22.1 Å². The van der Waals surface area contributed by atoms with Gasteiger partial charge in [-0.1, -0.05) is 24.3 Å². The van der Waals surface area contributed by atoms with E-state index >= 15 is 0 Å². The zero-order valence-corrected chi connectivity index (χ0v) is 12.7. The van der Waals surface area contributed by atoms with Crippen LogP contribution >= 0.6 is 11.8 Å². The molecule has 0 unspecified atom stereocenters. The second-order valence-electron chi connectivity index (χ2n) is 4.97. The van der Waals surface area contributed by atoms with E-state index in [1.165, 1.54) is 4.90 Å². The van der Waals surface area contributed by atoms with Crippen molar-refractivity contribution in [3.63, 3.8) is 0 Å². The summed E-state index contributed by atoms with van der Waals surface area (Å²) in [5.41, 5.74) is 1.36. The maximum Gasteiger partial charge on any atom is 0.298 e. The second-order valence-corrected chi connectivity index (χ2v) is 5.96. The number of fused-ring (bicyclic) bond motifs is 1. The molecule has 0 spiro atoms. The van der Waals surface area contributed by atoms with Gasteiger partial charge in [-0.25, -0.2) is 4.90 Å². The van der Waals surface area contributed by atoms with Crippen molar-refractivity contribution in [3.05, 3.63) is 59.0 Å². The van der Waals surface area contributed by atoms with E-state index in [0.717, 1.165) is 17.3 Å². The number of benzene rings is 2. The monoisotopic (exact) mass is 325 g/mol. The molecule has 5 nitrogen and oxygen atoms in total. The number of rotatable bonds is 2. The lowest BCUT2D eigenvalue weighted by Gasteiger charge is -2.11. The SMILES string of the molecule is O=C1SC(=Cc2ccc3c(c2)OCO3)C(=O)N1c1ccccc1. The Balaban J connectivity index is 1.65. The van der Waals surface area contributed by atoms with Crippen molar-refractivity contribution in [2.24, 2.45) is 0 Å². The predicted octanol–water partition coefficient (Wildman–Crippen LogP) is 3.66. The largest absolute Gasteiger partial charge is 0.454 e. The number of hydrogen-bond donors (Lipinski definition) is 0. The molecular formula is C17H11NO4S. The van der Waals surface area contributed by atoms with Crippen molar-refractivity contribution >= 4 is 34.7 Å². The summed E-state index contributed by atoms with van der Waals surface area (Å²) in [7, 11) is 0. The first kappa shape index (κ1) is 13.9. The van der Waals surface area contributed by atoms with Gasteiger partial charge in [-0.15, -0.1) is 0 Å². The molecule has 2 aliphatic rings. The maximum absolute atomic E-state index is 12.5. The first-order valence-corrected chi connectivity index (χ1v) is 7.77. The molecule has 0 radical (unpaired) electrons. The van der Waals surface area contributed by atoms with Crippen LogP contribution in [0.3, 0.4) is 0 Å². The van der Waals surface area contributed by atoms with Crippen molar-refractivity contribution in [2.45, 2.75) is 0 Å². The molecule has 23 heavy (non-hydrogen) atoms. The van der Waals surface area contributed by atoms with Crippen LogP contribution in [0.5, 0.6) is 11.5 Å². The van der Waals surface area contributed by atoms with E-state index in [4.69, 9.17) is 9.47 Å². The van der Waals surface area contributed by atoms with Gasteiger partial charge in [-0.3, -0.25) is 9.59 Å². The van der Waals surface area contributed by atoms with Gasteiger partial charge in [-0.05, 0) is 47.7 Å². The molecule has 1 fully saturated rings. The number of nitrogens with zero attached hydrogens (tertiary/aromatic N) is 1. The minimum absolute atomic E-state index is 0.198. The molecule has 6 heteroatoms. The smallest absolute Gasteiger partial charge is 0.298 e. The van der Waals surface area contributed by atoms with Gasteiger partial charge < -0.3 is 9.47 Å². The van der Waals surface area contributed by atoms with Crippen LogP contribution in [0.4, 0.5) is 10.5 Å². The van der Waals surface area contributed by atoms with E-state index in [-0.39, 0.29) is 17.9 Å². The minimum Gasteiger partial charge on any atom is -0.454 e. The van der Waals surface area contributed by atoms with E-state index < -0.39 is 0 Å². The van der Waals surface area contributed by atoms with Crippen molar-refractivity contribution in [1.29, 1.82) is 0 Å². The Morgan fingerprint density at radius 1 is 1.00 bits per heavy atom. The summed E-state index contributed by atoms with van der Waals surface area (Å²) in [5, 5.41) is -0.298. The van der Waals surface area contributed by atoms with Crippen LogP contribution in [0.2, 0.25) is 0 Å². The molecule has 2 heterocycles. The summed E-state index contributed by atoms with van der Waals surface area (Å²) in [6.07, 6.45) is 1.69. The molecule has 114 valence electrons. The highest BCUT2D eigenvalue weighted by Crippen LogP contribution is 2.37. The number of para-hydroxylation sites is 1. The highest BCUT2D eigenvalue weighted by molar-refractivity contribution is 8.19. The predicted molar refractivity (Wildman–Crippen MR) is 87.5 cm³/mol. The van der Waals surface area contributed by atoms with Gasteiger partial charge in [0.05, 0.1) is 10.6 Å². The third-order valence-corrected chi connectivity index (χ3v) is 4.37. The average molecular weight is 325 g/mol. The maximum atomic E-state index is 12.5. The van der Waals surface area contributed by atoms with Gasteiger partial charge in [0.15, 0.2) is 11.5 Å². The second kappa shape index (κ2) is 5.48. The lowest BCUT2D eigenvalue weighted by Crippen LogP contribution is -2.27. The zero-order chi connectivity index (χ0) is 15.8. The summed E-state index contributed by atoms with van der Waals surface area (Å²) in [6.45, 7) is 0.198. The highest BCUT2D eigenvalue weighted by Gasteiger charge is 2.36. The fraction of sp³-hybridized carbons (Fsp3) is 0.0588. The number of hydrogen-bond acceptors (Lipinski definition) is 5. The Kier molecular flexibility index (Phi) is 3.31. The molecule has 0 aromatic heterocycles. The van der Waals surface area contributed by atoms with Gasteiger partial charge in [0, 0.05) is 0 Å². The summed E-state index contributed by atoms with van der Waals surface area (Å²) >= 11 is 0.931. The molecule has 4 rings (SSSR count). The lowest BCUT2D eigenvalue weighted by molar-refractivity contribution is -0.113. The fourth-order valence-corrected chi connectivity index (χ4v) is 3.26. The summed E-state index contributed by atoms with van der Waals surface area (Å²) < 4.78 is 10.6. The van der Waals surface area contributed by atoms with Gasteiger partial charge in [0.1, 0.15) is 0 Å². The molecule has 2 amide bonds. The third kappa shape index (κ3) is 2.47. The minimum atomic E-state index is -0.316. The molecule has 0 N–H and O–H groups in total. The van der Waals surface area contributed by atoms with E-state index in [1.54, 1.807) is 42.5 Å². The normalized spacial score (nSPS) is 18.1. The summed E-state index contributed by atoms with van der Waals surface area (Å²) in [5.74, 6) is 1.00. The number of imide groups is 1. The number of ether oxygens (including phenoxy) is 2. The van der Waals surface area contributed by atoms with Gasteiger partial charge in [0.25, 0.3) is 11.1 Å².